The van der Waals surface area contributed by atoms with E-state index in [4.69, 9.17) is 17.3 Å². The van der Waals surface area contributed by atoms with E-state index in [9.17, 15) is 9.90 Å². The van der Waals surface area contributed by atoms with Gasteiger partial charge in [0.1, 0.15) is 0 Å². The lowest BCUT2D eigenvalue weighted by Crippen LogP contribution is -2.20. The van der Waals surface area contributed by atoms with E-state index in [1.165, 1.54) is 31.7 Å². The molecule has 2 saturated carbocycles. The summed E-state index contributed by atoms with van der Waals surface area (Å²) in [6, 6.07) is 3.05. The highest BCUT2D eigenvalue weighted by Crippen LogP contribution is 2.49. The number of nitrogens with two attached hydrogens (primary N) is 1. The summed E-state index contributed by atoms with van der Waals surface area (Å²) in [6.45, 7) is 0.805. The van der Waals surface area contributed by atoms with Crippen LogP contribution in [0.25, 0.3) is 0 Å². The van der Waals surface area contributed by atoms with Gasteiger partial charge < -0.3 is 16.2 Å². The van der Waals surface area contributed by atoms with Crippen LogP contribution in [0.4, 0.5) is 11.4 Å². The number of hydrogen-bond acceptors (Lipinski definition) is 3. The van der Waals surface area contributed by atoms with Gasteiger partial charge in [-0.25, -0.2) is 4.79 Å². The molecular formula is C15H19ClN2O2. The molecule has 20 heavy (non-hydrogen) atoms. The van der Waals surface area contributed by atoms with Gasteiger partial charge in [-0.3, -0.25) is 0 Å². The summed E-state index contributed by atoms with van der Waals surface area (Å²) >= 11 is 6.15. The second-order valence-electron chi connectivity index (χ2n) is 5.95. The van der Waals surface area contributed by atoms with Gasteiger partial charge in [-0.15, -0.1) is 0 Å². The number of carboxylic acid groups (broad SMARTS) is 1. The molecule has 2 aliphatic rings. The quantitative estimate of drug-likeness (QED) is 0.702. The van der Waals surface area contributed by atoms with Crippen LogP contribution in [0, 0.1) is 17.8 Å². The molecule has 3 rings (SSSR count). The first-order valence-corrected chi connectivity index (χ1v) is 7.50. The zero-order valence-electron chi connectivity index (χ0n) is 11.2. The van der Waals surface area contributed by atoms with Gasteiger partial charge in [-0.05, 0) is 55.6 Å². The summed E-state index contributed by atoms with van der Waals surface area (Å²) in [6.07, 6.45) is 5.24. The van der Waals surface area contributed by atoms with Crippen LogP contribution in [0.5, 0.6) is 0 Å². The minimum absolute atomic E-state index is 0.153. The number of halogens is 1. The number of aromatic carboxylic acids is 1. The monoisotopic (exact) mass is 294 g/mol. The summed E-state index contributed by atoms with van der Waals surface area (Å²) in [4.78, 5) is 11.3. The first-order valence-electron chi connectivity index (χ1n) is 7.12. The number of nitrogens with one attached hydrogen (secondary N) is 1. The van der Waals surface area contributed by atoms with Crippen molar-refractivity contribution in [1.29, 1.82) is 0 Å². The molecule has 4 N–H and O–H groups in total. The first kappa shape index (κ1) is 13.6. The number of rotatable bonds is 6. The molecule has 0 radical (unpaired) electrons. The van der Waals surface area contributed by atoms with Crippen LogP contribution >= 0.6 is 11.6 Å². The van der Waals surface area contributed by atoms with Gasteiger partial charge in [-0.2, -0.15) is 0 Å². The average molecular weight is 295 g/mol. The van der Waals surface area contributed by atoms with Crippen molar-refractivity contribution >= 4 is 28.9 Å². The van der Waals surface area contributed by atoms with Crippen molar-refractivity contribution in [2.45, 2.75) is 25.7 Å². The molecule has 0 spiro atoms. The van der Waals surface area contributed by atoms with E-state index in [1.807, 2.05) is 0 Å². The third-order valence-electron chi connectivity index (χ3n) is 4.31. The van der Waals surface area contributed by atoms with Crippen molar-refractivity contribution < 1.29 is 9.90 Å². The Kier molecular flexibility index (Phi) is 3.50. The standard InChI is InChI=1S/C15H19ClN2O2/c16-13-6-10(17)5-11(15(19)20)14(13)18-7-12(8-1-2-8)9-3-4-9/h5-6,8-9,12,18H,1-4,7,17H2,(H,19,20). The van der Waals surface area contributed by atoms with Crippen LogP contribution < -0.4 is 11.1 Å². The summed E-state index contributed by atoms with van der Waals surface area (Å²) in [7, 11) is 0. The highest BCUT2D eigenvalue weighted by Gasteiger charge is 2.41. The van der Waals surface area contributed by atoms with Crippen molar-refractivity contribution in [3.05, 3.63) is 22.7 Å². The average Bonchev–Trinajstić information content (AvgIpc) is 3.25. The molecular weight excluding hydrogens is 276 g/mol. The summed E-state index contributed by atoms with van der Waals surface area (Å²) in [5.41, 5.74) is 6.69. The Morgan fingerprint density at radius 2 is 1.95 bits per heavy atom. The molecule has 0 saturated heterocycles. The molecule has 0 aromatic heterocycles. The molecule has 0 bridgehead atoms. The Balaban J connectivity index is 1.77. The summed E-state index contributed by atoms with van der Waals surface area (Å²) in [5, 5.41) is 12.9. The topological polar surface area (TPSA) is 75.3 Å². The van der Waals surface area contributed by atoms with Gasteiger partial charge in [0.15, 0.2) is 0 Å². The Bertz CT molecular complexity index is 527. The fourth-order valence-corrected chi connectivity index (χ4v) is 3.26. The van der Waals surface area contributed by atoms with E-state index in [0.29, 0.717) is 22.3 Å². The minimum atomic E-state index is -1.00. The zero-order chi connectivity index (χ0) is 14.3. The molecule has 0 aliphatic heterocycles. The first-order chi connectivity index (χ1) is 9.56. The number of benzene rings is 1. The maximum atomic E-state index is 11.3. The number of hydrogen-bond donors (Lipinski definition) is 3. The summed E-state index contributed by atoms with van der Waals surface area (Å²) < 4.78 is 0. The molecule has 2 aliphatic carbocycles. The smallest absolute Gasteiger partial charge is 0.337 e. The van der Waals surface area contributed by atoms with Crippen LogP contribution in [-0.4, -0.2) is 17.6 Å². The Labute approximate surface area is 123 Å². The SMILES string of the molecule is Nc1cc(Cl)c(NCC(C2CC2)C2CC2)c(C(=O)O)c1. The van der Waals surface area contributed by atoms with Gasteiger partial charge in [0.2, 0.25) is 0 Å². The number of nitrogen functional groups attached to an aromatic ring is 1. The Hall–Kier alpha value is -1.42. The molecule has 2 fully saturated rings. The van der Waals surface area contributed by atoms with Crippen molar-refractivity contribution in [3.63, 3.8) is 0 Å². The third kappa shape index (κ3) is 2.85. The lowest BCUT2D eigenvalue weighted by Gasteiger charge is -2.19. The summed E-state index contributed by atoms with van der Waals surface area (Å²) in [5.74, 6) is 1.29. The predicted octanol–water partition coefficient (Wildman–Crippen LogP) is 3.47. The van der Waals surface area contributed by atoms with Crippen LogP contribution in [0.3, 0.4) is 0 Å². The second-order valence-corrected chi connectivity index (χ2v) is 6.36. The van der Waals surface area contributed by atoms with E-state index in [2.05, 4.69) is 5.32 Å². The maximum Gasteiger partial charge on any atom is 0.337 e. The van der Waals surface area contributed by atoms with Crippen molar-refractivity contribution in [1.82, 2.24) is 0 Å². The molecule has 1 aromatic rings. The molecule has 0 heterocycles. The van der Waals surface area contributed by atoms with Gasteiger partial charge in [0, 0.05) is 12.2 Å². The van der Waals surface area contributed by atoms with E-state index in [0.717, 1.165) is 18.4 Å². The van der Waals surface area contributed by atoms with Gasteiger partial charge in [0.05, 0.1) is 16.3 Å². The fourth-order valence-electron chi connectivity index (χ4n) is 2.96. The lowest BCUT2D eigenvalue weighted by atomic mass is 9.97. The highest BCUT2D eigenvalue weighted by molar-refractivity contribution is 6.34. The lowest BCUT2D eigenvalue weighted by molar-refractivity contribution is 0.0698. The Morgan fingerprint density at radius 1 is 1.35 bits per heavy atom. The van der Waals surface area contributed by atoms with E-state index >= 15 is 0 Å². The van der Waals surface area contributed by atoms with Crippen LogP contribution in [0.2, 0.25) is 5.02 Å². The van der Waals surface area contributed by atoms with Crippen LogP contribution in [0.15, 0.2) is 12.1 Å². The van der Waals surface area contributed by atoms with Gasteiger partial charge >= 0.3 is 5.97 Å². The number of carbonyl (C=O) groups is 1. The predicted molar refractivity (Wildman–Crippen MR) is 80.3 cm³/mol. The highest BCUT2D eigenvalue weighted by atomic mass is 35.5. The second kappa shape index (κ2) is 5.17. The fraction of sp³-hybridized carbons (Fsp3) is 0.533. The van der Waals surface area contributed by atoms with E-state index in [1.54, 1.807) is 6.07 Å². The van der Waals surface area contributed by atoms with Crippen LogP contribution in [0.1, 0.15) is 36.0 Å². The molecule has 0 amide bonds. The van der Waals surface area contributed by atoms with Gasteiger partial charge in [-0.1, -0.05) is 11.6 Å². The number of carboxylic acids is 1. The van der Waals surface area contributed by atoms with E-state index in [-0.39, 0.29) is 5.56 Å². The number of anilines is 2. The normalized spacial score (nSPS) is 18.3. The third-order valence-corrected chi connectivity index (χ3v) is 4.61. The van der Waals surface area contributed by atoms with Crippen molar-refractivity contribution in [2.75, 3.05) is 17.6 Å². The molecule has 4 nitrogen and oxygen atoms in total. The molecule has 1 aromatic carbocycles. The largest absolute Gasteiger partial charge is 0.478 e. The minimum Gasteiger partial charge on any atom is -0.478 e. The zero-order valence-corrected chi connectivity index (χ0v) is 12.0. The van der Waals surface area contributed by atoms with E-state index < -0.39 is 5.97 Å². The molecule has 5 heteroatoms. The van der Waals surface area contributed by atoms with Gasteiger partial charge in [0.25, 0.3) is 0 Å². The van der Waals surface area contributed by atoms with Crippen LogP contribution in [-0.2, 0) is 0 Å². The molecule has 108 valence electrons. The van der Waals surface area contributed by atoms with Crippen molar-refractivity contribution in [2.24, 2.45) is 17.8 Å². The molecule has 0 atom stereocenters. The molecule has 0 unspecified atom stereocenters. The Morgan fingerprint density at radius 3 is 2.45 bits per heavy atom. The van der Waals surface area contributed by atoms with Crippen molar-refractivity contribution in [3.8, 4) is 0 Å². The maximum absolute atomic E-state index is 11.3.